The number of hydrogen-bond donors (Lipinski definition) is 3. The second-order valence-electron chi connectivity index (χ2n) is 11.7. The maximum absolute atomic E-state index is 11.6. The number of carbonyl (C=O) groups is 5. The SMILES string of the molecule is CC(N1CCCC1=O)C(C)(C)O.CC(O)C(=O)OC(C)(C)C(C)N1CCCC1=O.CC1OC(=O)C(C)OC1=O.CPP.OPP.[V].[V]. The molecule has 0 aromatic carbocycles. The second kappa shape index (κ2) is 26.9. The van der Waals surface area contributed by atoms with Crippen LogP contribution in [0.3, 0.4) is 0 Å². The largest absolute Gasteiger partial charge is 0.456 e. The molecule has 0 spiro atoms. The van der Waals surface area contributed by atoms with Gasteiger partial charge in [-0.2, -0.15) is 0 Å². The quantitative estimate of drug-likeness (QED) is 0.204. The first-order valence-electron chi connectivity index (χ1n) is 14.7. The van der Waals surface area contributed by atoms with Crippen LogP contribution in [0.2, 0.25) is 0 Å². The van der Waals surface area contributed by atoms with Gasteiger partial charge in [0.1, 0.15) is 11.7 Å². The third kappa shape index (κ3) is 21.2. The van der Waals surface area contributed by atoms with Crippen molar-refractivity contribution in [2.75, 3.05) is 19.8 Å². The maximum Gasteiger partial charge on any atom is 0.347 e. The number of amides is 2. The van der Waals surface area contributed by atoms with E-state index in [0.717, 1.165) is 27.7 Å². The van der Waals surface area contributed by atoms with Gasteiger partial charge in [-0.1, -0.05) is 8.93 Å². The summed E-state index contributed by atoms with van der Waals surface area (Å²) in [6.45, 7) is 18.7. The van der Waals surface area contributed by atoms with Crippen LogP contribution in [0.5, 0.6) is 0 Å². The number of aliphatic hydroxyl groups excluding tert-OH is 1. The molecule has 0 saturated carbocycles. The number of aliphatic hydroxyl groups is 2. The molecule has 3 aliphatic rings. The van der Waals surface area contributed by atoms with Crippen LogP contribution >= 0.6 is 34.6 Å². The predicted molar refractivity (Wildman–Crippen MR) is 184 cm³/mol. The summed E-state index contributed by atoms with van der Waals surface area (Å²) in [6, 6.07) is -0.271. The van der Waals surface area contributed by atoms with Crippen molar-refractivity contribution in [3.05, 3.63) is 0 Å². The number of esters is 3. The smallest absolute Gasteiger partial charge is 0.347 e. The average molecular weight is 823 g/mol. The summed E-state index contributed by atoms with van der Waals surface area (Å²) < 4.78 is 14.4. The Morgan fingerprint density at radius 1 is 0.872 bits per heavy atom. The van der Waals surface area contributed by atoms with Crippen molar-refractivity contribution in [1.82, 2.24) is 9.80 Å². The monoisotopic (exact) mass is 822 g/mol. The number of ether oxygens (including phenoxy) is 3. The molecular weight excluding hydrogens is 766 g/mol. The van der Waals surface area contributed by atoms with E-state index in [1.54, 1.807) is 37.5 Å². The summed E-state index contributed by atoms with van der Waals surface area (Å²) in [5, 5.41) is 18.8. The van der Waals surface area contributed by atoms with Crippen molar-refractivity contribution in [3.63, 3.8) is 0 Å². The van der Waals surface area contributed by atoms with Gasteiger partial charge >= 0.3 is 17.9 Å². The van der Waals surface area contributed by atoms with Crippen LogP contribution in [-0.4, -0.2) is 116 Å². The Labute approximate surface area is 312 Å². The Hall–Kier alpha value is 0.119. The van der Waals surface area contributed by atoms with Gasteiger partial charge in [0.05, 0.1) is 17.7 Å². The van der Waals surface area contributed by atoms with Gasteiger partial charge in [0, 0.05) is 71.5 Å². The molecule has 9 unspecified atom stereocenters. The van der Waals surface area contributed by atoms with Gasteiger partial charge in [0.15, 0.2) is 12.2 Å². The third-order valence-electron chi connectivity index (χ3n) is 7.14. The van der Waals surface area contributed by atoms with E-state index in [0.29, 0.717) is 19.4 Å². The van der Waals surface area contributed by atoms with Crippen LogP contribution in [0, 0.1) is 0 Å². The molecule has 3 rings (SSSR count). The molecule has 3 N–H and O–H groups in total. The van der Waals surface area contributed by atoms with Crippen molar-refractivity contribution in [1.29, 1.82) is 0 Å². The predicted octanol–water partition coefficient (Wildman–Crippen LogP) is 2.77. The summed E-state index contributed by atoms with van der Waals surface area (Å²) in [7, 11) is 5.77. The van der Waals surface area contributed by atoms with Gasteiger partial charge in [-0.25, -0.2) is 14.4 Å². The molecule has 3 aliphatic heterocycles. The molecule has 47 heavy (non-hydrogen) atoms. The fraction of sp³-hybridized carbons (Fsp3) is 0.821. The molecular formula is C28H56N2O11P4V2. The van der Waals surface area contributed by atoms with Crippen LogP contribution in [0.15, 0.2) is 0 Å². The minimum Gasteiger partial charge on any atom is -0.456 e. The molecule has 9 atom stereocenters. The first kappa shape index (κ1) is 53.9. The van der Waals surface area contributed by atoms with Gasteiger partial charge in [-0.3, -0.25) is 9.59 Å². The number of carbonyl (C=O) groups excluding carboxylic acids is 5. The zero-order valence-electron chi connectivity index (χ0n) is 29.2. The molecule has 0 aromatic heterocycles. The van der Waals surface area contributed by atoms with E-state index in [9.17, 15) is 29.1 Å². The first-order chi connectivity index (χ1) is 20.6. The van der Waals surface area contributed by atoms with Crippen LogP contribution in [0.1, 0.15) is 88.0 Å². The van der Waals surface area contributed by atoms with Gasteiger partial charge in [-0.05, 0) is 81.8 Å². The molecule has 19 heteroatoms. The maximum atomic E-state index is 11.6. The summed E-state index contributed by atoms with van der Waals surface area (Å²) in [6.07, 6.45) is 0.344. The van der Waals surface area contributed by atoms with Crippen molar-refractivity contribution in [2.24, 2.45) is 0 Å². The zero-order valence-corrected chi connectivity index (χ0v) is 36.3. The Bertz CT molecular complexity index is 938. The molecule has 2 amide bonds. The molecule has 3 fully saturated rings. The van der Waals surface area contributed by atoms with Crippen molar-refractivity contribution < 1.29 is 90.4 Å². The standard InChI is InChI=1S/C12H21NO4.C9H17NO2.C6H8O4.CH6P2.H4OP2.2V/c1-8(14)11(16)17-12(3,4)9(2)13-7-5-6-10(13)15;1-7(9(2,3)12)10-6-4-5-8(10)11;1-3-5(7)10-4(2)6(8)9-3;2*1-3-2;;/h8-9,14H,5-7H2,1-4H3;7,12H,4-6H2,1-3H3;3-4H,1-2H3;3H,2H2,1H3;1,3H,2H2;;. The molecule has 2 radical (unpaired) electrons. The molecule has 274 valence electrons. The van der Waals surface area contributed by atoms with Crippen molar-refractivity contribution in [3.8, 4) is 0 Å². The third-order valence-corrected chi connectivity index (χ3v) is 7.14. The van der Waals surface area contributed by atoms with Crippen LogP contribution in [-0.2, 0) is 75.3 Å². The minimum atomic E-state index is -1.14. The van der Waals surface area contributed by atoms with E-state index in [2.05, 4.69) is 34.0 Å². The molecule has 3 heterocycles. The topological polar surface area (TPSA) is 180 Å². The number of hydrogen-bond acceptors (Lipinski definition) is 11. The summed E-state index contributed by atoms with van der Waals surface area (Å²) in [5.41, 5.74) is -1.59. The number of nitrogens with zero attached hydrogens (tertiary/aromatic N) is 2. The Morgan fingerprint density at radius 2 is 1.19 bits per heavy atom. The minimum absolute atomic E-state index is 0. The fourth-order valence-electron chi connectivity index (χ4n) is 3.98. The van der Waals surface area contributed by atoms with Gasteiger partial charge < -0.3 is 39.1 Å². The van der Waals surface area contributed by atoms with E-state index in [4.69, 9.17) is 14.7 Å². The average Bonchev–Trinajstić information content (AvgIpc) is 3.55. The van der Waals surface area contributed by atoms with Crippen LogP contribution in [0.4, 0.5) is 0 Å². The first-order valence-corrected chi connectivity index (χ1v) is 20.8. The molecule has 0 aliphatic carbocycles. The van der Waals surface area contributed by atoms with E-state index < -0.39 is 47.4 Å². The van der Waals surface area contributed by atoms with Gasteiger partial charge in [0.25, 0.3) is 0 Å². The molecule has 0 aromatic rings. The molecule has 13 nitrogen and oxygen atoms in total. The Kier molecular flexibility index (Phi) is 30.8. The van der Waals surface area contributed by atoms with E-state index in [1.807, 2.05) is 13.8 Å². The van der Waals surface area contributed by atoms with Crippen molar-refractivity contribution in [2.45, 2.75) is 130 Å². The fourth-order valence-corrected chi connectivity index (χ4v) is 3.98. The number of likely N-dealkylation sites (tertiary alicyclic amines) is 2. The number of rotatable bonds is 6. The molecule has 0 bridgehead atoms. The second-order valence-corrected chi connectivity index (χ2v) is 15.0. The molecule has 3 saturated heterocycles. The van der Waals surface area contributed by atoms with Crippen LogP contribution < -0.4 is 0 Å². The zero-order chi connectivity index (χ0) is 35.7. The Balaban J connectivity index is -0.000000273. The number of cyclic esters (lactones) is 2. The summed E-state index contributed by atoms with van der Waals surface area (Å²) in [4.78, 5) is 66.6. The summed E-state index contributed by atoms with van der Waals surface area (Å²) >= 11 is 0. The van der Waals surface area contributed by atoms with Crippen LogP contribution in [0.25, 0.3) is 0 Å². The normalized spacial score (nSPS) is 21.2. The Morgan fingerprint density at radius 3 is 1.45 bits per heavy atom. The van der Waals surface area contributed by atoms with Gasteiger partial charge in [-0.15, -0.1) is 17.2 Å². The summed E-state index contributed by atoms with van der Waals surface area (Å²) in [5.74, 6) is -1.35. The van der Waals surface area contributed by atoms with E-state index in [-0.39, 0.29) is 69.5 Å². The van der Waals surface area contributed by atoms with E-state index >= 15 is 0 Å². The van der Waals surface area contributed by atoms with Crippen molar-refractivity contribution >= 4 is 64.3 Å². The van der Waals surface area contributed by atoms with E-state index in [1.165, 1.54) is 20.8 Å². The van der Waals surface area contributed by atoms with Gasteiger partial charge in [0.2, 0.25) is 11.8 Å².